The summed E-state index contributed by atoms with van der Waals surface area (Å²) < 4.78 is 5.71. The van der Waals surface area contributed by atoms with Gasteiger partial charge in [0.25, 0.3) is 0 Å². The van der Waals surface area contributed by atoms with Gasteiger partial charge in [0, 0.05) is 70.0 Å². The van der Waals surface area contributed by atoms with Gasteiger partial charge in [-0.05, 0) is 29.7 Å². The fourth-order valence-electron chi connectivity index (χ4n) is 4.67. The Morgan fingerprint density at radius 3 is 2.53 bits per heavy atom. The van der Waals surface area contributed by atoms with Gasteiger partial charge < -0.3 is 14.2 Å². The van der Waals surface area contributed by atoms with E-state index < -0.39 is 0 Å². The zero-order valence-electron chi connectivity index (χ0n) is 22.4. The summed E-state index contributed by atoms with van der Waals surface area (Å²) in [6.45, 7) is 9.39. The fourth-order valence-corrected chi connectivity index (χ4v) is 4.83. The normalized spacial score (nSPS) is 15.3. The van der Waals surface area contributed by atoms with Crippen molar-refractivity contribution in [3.63, 3.8) is 0 Å². The topological polar surface area (TPSA) is 82.8 Å². The summed E-state index contributed by atoms with van der Waals surface area (Å²) in [4.78, 5) is 32.2. The molecule has 0 N–H and O–H groups in total. The van der Waals surface area contributed by atoms with Crippen molar-refractivity contribution in [3.05, 3.63) is 76.5 Å². The van der Waals surface area contributed by atoms with Crippen LogP contribution in [0.5, 0.6) is 0 Å². The number of rotatable bonds is 6. The number of hydrogen-bond donors (Lipinski definition) is 0. The molecule has 3 aromatic rings. The monoisotopic (exact) mass is 537 g/mol. The average Bonchev–Trinajstić information content (AvgIpc) is 3.37. The molecule has 8 nitrogen and oxygen atoms in total. The van der Waals surface area contributed by atoms with E-state index in [9.17, 15) is 9.59 Å². The first-order valence-electron chi connectivity index (χ1n) is 13.2. The van der Waals surface area contributed by atoms with Gasteiger partial charge in [-0.2, -0.15) is 0 Å². The van der Waals surface area contributed by atoms with Gasteiger partial charge in [0.15, 0.2) is 0 Å². The second-order valence-corrected chi connectivity index (χ2v) is 10.5. The third-order valence-corrected chi connectivity index (χ3v) is 6.99. The molecule has 2 aromatic carbocycles. The summed E-state index contributed by atoms with van der Waals surface area (Å²) in [7, 11) is 0. The zero-order chi connectivity index (χ0) is 27.1. The van der Waals surface area contributed by atoms with Crippen LogP contribution in [0, 0.1) is 0 Å². The summed E-state index contributed by atoms with van der Waals surface area (Å²) in [5, 5.41) is 8.75. The van der Waals surface area contributed by atoms with Gasteiger partial charge in [0.1, 0.15) is 0 Å². The molecule has 1 aliphatic heterocycles. The van der Waals surface area contributed by atoms with Crippen LogP contribution in [0.25, 0.3) is 0 Å². The summed E-state index contributed by atoms with van der Waals surface area (Å²) in [5.74, 6) is 1.15. The molecule has 0 atom stereocenters. The molecule has 0 unspecified atom stereocenters. The average molecular weight is 538 g/mol. The van der Waals surface area contributed by atoms with Crippen LogP contribution in [-0.4, -0.2) is 58.0 Å². The predicted octanol–water partition coefficient (Wildman–Crippen LogP) is 5.07. The highest BCUT2D eigenvalue weighted by Crippen LogP contribution is 2.28. The Hall–Kier alpha value is -3.23. The number of carbonyl (C=O) groups excluding carboxylic acids is 2. The molecule has 2 heterocycles. The number of nitrogens with zero attached hydrogens (tertiary/aromatic N) is 5. The highest BCUT2D eigenvalue weighted by Gasteiger charge is 2.23. The smallest absolute Gasteiger partial charge is 0.223 e. The van der Waals surface area contributed by atoms with Gasteiger partial charge in [-0.15, -0.1) is 10.2 Å². The number of aromatic nitrogens is 2. The van der Waals surface area contributed by atoms with Gasteiger partial charge in [0.05, 0.1) is 5.69 Å². The van der Waals surface area contributed by atoms with Crippen molar-refractivity contribution in [1.29, 1.82) is 0 Å². The minimum atomic E-state index is -0.0439. The van der Waals surface area contributed by atoms with Gasteiger partial charge in [-0.1, -0.05) is 61.8 Å². The van der Waals surface area contributed by atoms with E-state index in [0.717, 1.165) is 37.3 Å². The maximum atomic E-state index is 13.5. The maximum absolute atomic E-state index is 13.5. The first kappa shape index (κ1) is 27.8. The molecule has 0 saturated carbocycles. The molecule has 1 aliphatic rings. The molecule has 38 heavy (non-hydrogen) atoms. The van der Waals surface area contributed by atoms with Crippen molar-refractivity contribution in [2.24, 2.45) is 0 Å². The van der Waals surface area contributed by atoms with Crippen molar-refractivity contribution in [2.75, 3.05) is 31.1 Å². The lowest BCUT2D eigenvalue weighted by molar-refractivity contribution is -0.132. The Bertz CT molecular complexity index is 1230. The fraction of sp³-hybridized carbons (Fsp3) is 0.448. The molecule has 1 aromatic heterocycles. The third-order valence-electron chi connectivity index (χ3n) is 6.75. The largest absolute Gasteiger partial charge is 0.425 e. The van der Waals surface area contributed by atoms with Crippen LogP contribution in [0.15, 0.2) is 52.9 Å². The van der Waals surface area contributed by atoms with Gasteiger partial charge in [-0.25, -0.2) is 0 Å². The first-order valence-corrected chi connectivity index (χ1v) is 13.6. The number of carbonyl (C=O) groups is 2. The number of halogens is 1. The van der Waals surface area contributed by atoms with Crippen molar-refractivity contribution in [1.82, 2.24) is 20.0 Å². The van der Waals surface area contributed by atoms with E-state index in [-0.39, 0.29) is 24.2 Å². The molecule has 2 amide bonds. The van der Waals surface area contributed by atoms with E-state index >= 15 is 0 Å². The van der Waals surface area contributed by atoms with E-state index in [1.54, 1.807) is 11.8 Å². The Morgan fingerprint density at radius 2 is 1.82 bits per heavy atom. The van der Waals surface area contributed by atoms with Crippen LogP contribution in [0.3, 0.4) is 0 Å². The molecular weight excluding hydrogens is 502 g/mol. The van der Waals surface area contributed by atoms with E-state index in [2.05, 4.69) is 27.2 Å². The van der Waals surface area contributed by atoms with Gasteiger partial charge in [0.2, 0.25) is 23.6 Å². The van der Waals surface area contributed by atoms with Crippen LogP contribution >= 0.6 is 11.6 Å². The predicted molar refractivity (Wildman–Crippen MR) is 148 cm³/mol. The molecule has 0 radical (unpaired) electrons. The lowest BCUT2D eigenvalue weighted by Gasteiger charge is -2.28. The van der Waals surface area contributed by atoms with Crippen molar-refractivity contribution < 1.29 is 14.0 Å². The molecule has 0 spiro atoms. The lowest BCUT2D eigenvalue weighted by atomic mass is 10.1. The molecular formula is C29H36ClN5O3. The molecule has 0 bridgehead atoms. The second-order valence-electron chi connectivity index (χ2n) is 10.1. The molecule has 202 valence electrons. The minimum absolute atomic E-state index is 0.00322. The number of benzene rings is 2. The Morgan fingerprint density at radius 1 is 1.03 bits per heavy atom. The minimum Gasteiger partial charge on any atom is -0.425 e. The summed E-state index contributed by atoms with van der Waals surface area (Å²) in [6.07, 6.45) is 1.45. The number of aryl methyl sites for hydroxylation is 1. The van der Waals surface area contributed by atoms with Crippen LogP contribution in [-0.2, 0) is 29.1 Å². The van der Waals surface area contributed by atoms with Crippen LogP contribution in [0.1, 0.15) is 62.4 Å². The second kappa shape index (κ2) is 13.0. The van der Waals surface area contributed by atoms with E-state index in [1.165, 1.54) is 5.56 Å². The molecule has 0 fully saturated rings. The number of hydrogen-bond acceptors (Lipinski definition) is 6. The molecule has 4 rings (SSSR count). The Kier molecular flexibility index (Phi) is 9.53. The van der Waals surface area contributed by atoms with E-state index in [1.807, 2.05) is 55.1 Å². The highest BCUT2D eigenvalue weighted by atomic mass is 35.5. The van der Waals surface area contributed by atoms with Gasteiger partial charge in [-0.3, -0.25) is 14.5 Å². The third kappa shape index (κ3) is 7.42. The molecule has 9 heteroatoms. The summed E-state index contributed by atoms with van der Waals surface area (Å²) >= 11 is 6.35. The quantitative estimate of drug-likeness (QED) is 0.437. The van der Waals surface area contributed by atoms with Crippen LogP contribution in [0.4, 0.5) is 5.69 Å². The summed E-state index contributed by atoms with van der Waals surface area (Å²) in [6, 6.07) is 15.9. The number of amides is 2. The Labute approximate surface area is 229 Å². The molecule has 0 aliphatic carbocycles. The van der Waals surface area contributed by atoms with Gasteiger partial charge >= 0.3 is 0 Å². The lowest BCUT2D eigenvalue weighted by Crippen LogP contribution is -2.38. The Balaban J connectivity index is 1.57. The number of fused-ring (bicyclic) bond motifs is 1. The maximum Gasteiger partial charge on any atom is 0.223 e. The highest BCUT2D eigenvalue weighted by molar-refractivity contribution is 6.31. The summed E-state index contributed by atoms with van der Waals surface area (Å²) in [5.41, 5.74) is 2.88. The van der Waals surface area contributed by atoms with Crippen molar-refractivity contribution in [2.45, 2.75) is 59.0 Å². The van der Waals surface area contributed by atoms with Crippen molar-refractivity contribution in [3.8, 4) is 0 Å². The van der Waals surface area contributed by atoms with Crippen molar-refractivity contribution >= 4 is 29.1 Å². The molecule has 0 saturated heterocycles. The van der Waals surface area contributed by atoms with Crippen LogP contribution in [0.2, 0.25) is 5.02 Å². The standard InChI is InChI=1S/C29H36ClN5O3/c1-21(2)29-32-31-27(38-29)12-13-28(37)34-17-16-33(19-23-8-5-4-6-9-23)14-7-15-35(22(3)36)26-18-25(30)11-10-24(26)20-34/h4-6,8-11,18,21H,7,12-17,19-20H2,1-3H3. The SMILES string of the molecule is CC(=O)N1CCCN(Cc2ccccc2)CCN(C(=O)CCc2nnc(C(C)C)o2)Cc2ccc(Cl)cc21. The zero-order valence-corrected chi connectivity index (χ0v) is 23.2. The first-order chi connectivity index (χ1) is 18.3. The van der Waals surface area contributed by atoms with E-state index in [4.69, 9.17) is 16.0 Å². The van der Waals surface area contributed by atoms with E-state index in [0.29, 0.717) is 42.9 Å². The number of anilines is 1. The van der Waals surface area contributed by atoms with Crippen LogP contribution < -0.4 is 4.90 Å².